The Labute approximate surface area is 213 Å². The number of methoxy groups -OCH3 is 1. The summed E-state index contributed by atoms with van der Waals surface area (Å²) in [7, 11) is 1.58. The number of halogens is 2. The summed E-state index contributed by atoms with van der Waals surface area (Å²) in [6.07, 6.45) is 0.434. The average molecular weight is 504 g/mol. The molecule has 0 bridgehead atoms. The van der Waals surface area contributed by atoms with Crippen molar-refractivity contribution >= 4 is 29.0 Å². The van der Waals surface area contributed by atoms with E-state index in [1.165, 1.54) is 0 Å². The van der Waals surface area contributed by atoms with Gasteiger partial charge < -0.3 is 9.30 Å². The molecular weight excluding hydrogens is 481 g/mol. The molecule has 0 saturated carbocycles. The minimum absolute atomic E-state index is 0.00497. The highest BCUT2D eigenvalue weighted by atomic mass is 35.5. The monoisotopic (exact) mass is 503 g/mol. The Morgan fingerprint density at radius 1 is 0.857 bits per heavy atom. The molecule has 1 unspecified atom stereocenters. The largest absolute Gasteiger partial charge is 0.497 e. The van der Waals surface area contributed by atoms with Crippen LogP contribution in [0.2, 0.25) is 10.0 Å². The summed E-state index contributed by atoms with van der Waals surface area (Å²) >= 11 is 12.4. The zero-order valence-corrected chi connectivity index (χ0v) is 20.5. The van der Waals surface area contributed by atoms with E-state index in [1.807, 2.05) is 77.4 Å². The van der Waals surface area contributed by atoms with Crippen molar-refractivity contribution in [3.63, 3.8) is 0 Å². The SMILES string of the molecule is COc1cccc(C(=O)C2Cc3cccc(=O)n3[C@@H](c3ccc(Cl)cc3)[C@H]2c2ccc(Cl)cc2)c1. The van der Waals surface area contributed by atoms with Gasteiger partial charge in [-0.3, -0.25) is 9.59 Å². The zero-order valence-electron chi connectivity index (χ0n) is 19.0. The fourth-order valence-electron chi connectivity index (χ4n) is 5.12. The first-order chi connectivity index (χ1) is 17.0. The van der Waals surface area contributed by atoms with Crippen LogP contribution in [0.3, 0.4) is 0 Å². The van der Waals surface area contributed by atoms with Crippen molar-refractivity contribution in [1.82, 2.24) is 4.57 Å². The molecule has 1 aliphatic rings. The minimum atomic E-state index is -0.411. The first-order valence-electron chi connectivity index (χ1n) is 11.4. The summed E-state index contributed by atoms with van der Waals surface area (Å²) in [4.78, 5) is 27.2. The summed E-state index contributed by atoms with van der Waals surface area (Å²) in [6, 6.07) is 27.1. The number of nitrogens with zero attached hydrogens (tertiary/aromatic N) is 1. The molecule has 4 aromatic rings. The molecule has 0 saturated heterocycles. The lowest BCUT2D eigenvalue weighted by atomic mass is 9.70. The molecule has 3 aromatic carbocycles. The molecule has 0 radical (unpaired) electrons. The molecule has 176 valence electrons. The lowest BCUT2D eigenvalue weighted by Gasteiger charge is -2.41. The van der Waals surface area contributed by atoms with Crippen LogP contribution in [0.4, 0.5) is 0 Å². The number of carbonyl (C=O) groups excluding carboxylic acids is 1. The highest BCUT2D eigenvalue weighted by Gasteiger charge is 2.42. The van der Waals surface area contributed by atoms with Crippen molar-refractivity contribution in [2.45, 2.75) is 18.4 Å². The van der Waals surface area contributed by atoms with Gasteiger partial charge in [0.15, 0.2) is 5.78 Å². The number of pyridine rings is 1. The van der Waals surface area contributed by atoms with Gasteiger partial charge in [0, 0.05) is 39.2 Å². The fourth-order valence-corrected chi connectivity index (χ4v) is 5.37. The van der Waals surface area contributed by atoms with E-state index >= 15 is 0 Å². The van der Waals surface area contributed by atoms with Crippen molar-refractivity contribution in [2.75, 3.05) is 7.11 Å². The van der Waals surface area contributed by atoms with Gasteiger partial charge >= 0.3 is 0 Å². The van der Waals surface area contributed by atoms with E-state index in [0.29, 0.717) is 27.8 Å². The molecule has 0 N–H and O–H groups in total. The van der Waals surface area contributed by atoms with Crippen LogP contribution in [0.1, 0.15) is 39.1 Å². The van der Waals surface area contributed by atoms with Gasteiger partial charge in [-0.15, -0.1) is 0 Å². The minimum Gasteiger partial charge on any atom is -0.497 e. The Kier molecular flexibility index (Phi) is 6.50. The molecular formula is C29H23Cl2NO3. The summed E-state index contributed by atoms with van der Waals surface area (Å²) in [6.45, 7) is 0. The summed E-state index contributed by atoms with van der Waals surface area (Å²) in [5, 5.41) is 1.22. The predicted octanol–water partition coefficient (Wildman–Crippen LogP) is 6.59. The van der Waals surface area contributed by atoms with Gasteiger partial charge in [0.25, 0.3) is 5.56 Å². The first-order valence-corrected chi connectivity index (χ1v) is 12.1. The second kappa shape index (κ2) is 9.73. The third kappa shape index (κ3) is 4.52. The van der Waals surface area contributed by atoms with E-state index in [4.69, 9.17) is 27.9 Å². The van der Waals surface area contributed by atoms with Crippen LogP contribution in [0.25, 0.3) is 0 Å². The maximum absolute atomic E-state index is 14.1. The summed E-state index contributed by atoms with van der Waals surface area (Å²) in [5.41, 5.74) is 3.15. The second-order valence-corrected chi connectivity index (χ2v) is 9.58. The van der Waals surface area contributed by atoms with Gasteiger partial charge in [0.2, 0.25) is 0 Å². The Morgan fingerprint density at radius 2 is 1.49 bits per heavy atom. The third-order valence-corrected chi connectivity index (χ3v) is 7.22. The highest BCUT2D eigenvalue weighted by Crippen LogP contribution is 2.46. The van der Waals surface area contributed by atoms with Crippen LogP contribution in [0.5, 0.6) is 5.75 Å². The predicted molar refractivity (Wildman–Crippen MR) is 139 cm³/mol. The molecule has 1 aromatic heterocycles. The quantitative estimate of drug-likeness (QED) is 0.288. The highest BCUT2D eigenvalue weighted by molar-refractivity contribution is 6.30. The molecule has 4 nitrogen and oxygen atoms in total. The molecule has 2 heterocycles. The molecule has 0 amide bonds. The molecule has 6 heteroatoms. The van der Waals surface area contributed by atoms with E-state index in [9.17, 15) is 9.59 Å². The molecule has 3 atom stereocenters. The number of ketones is 1. The Hall–Kier alpha value is -3.34. The number of hydrogen-bond acceptors (Lipinski definition) is 3. The Bertz CT molecular complexity index is 1430. The first kappa shape index (κ1) is 23.4. The van der Waals surface area contributed by atoms with E-state index < -0.39 is 12.0 Å². The lowest BCUT2D eigenvalue weighted by Crippen LogP contribution is -2.42. The molecule has 0 spiro atoms. The topological polar surface area (TPSA) is 48.3 Å². The number of aromatic nitrogens is 1. The van der Waals surface area contributed by atoms with Crippen LogP contribution in [-0.2, 0) is 6.42 Å². The third-order valence-electron chi connectivity index (χ3n) is 6.71. The molecule has 0 fully saturated rings. The van der Waals surface area contributed by atoms with Crippen molar-refractivity contribution in [3.05, 3.63) is 134 Å². The van der Waals surface area contributed by atoms with Crippen molar-refractivity contribution in [2.24, 2.45) is 5.92 Å². The number of benzene rings is 3. The fraction of sp³-hybridized carbons (Fsp3) is 0.172. The Morgan fingerprint density at radius 3 is 2.14 bits per heavy atom. The van der Waals surface area contributed by atoms with Gasteiger partial charge in [-0.2, -0.15) is 0 Å². The van der Waals surface area contributed by atoms with Crippen molar-refractivity contribution < 1.29 is 9.53 Å². The van der Waals surface area contributed by atoms with Gasteiger partial charge in [0.05, 0.1) is 13.2 Å². The van der Waals surface area contributed by atoms with Gasteiger partial charge in [-0.1, -0.05) is 65.7 Å². The number of carbonyl (C=O) groups is 1. The zero-order chi connectivity index (χ0) is 24.5. The average Bonchev–Trinajstić information content (AvgIpc) is 2.88. The molecule has 35 heavy (non-hydrogen) atoms. The van der Waals surface area contributed by atoms with E-state index in [-0.39, 0.29) is 17.3 Å². The number of Topliss-reactive ketones (excluding diaryl/α,β-unsaturated/α-hetero) is 1. The second-order valence-electron chi connectivity index (χ2n) is 8.71. The number of rotatable bonds is 5. The van der Waals surface area contributed by atoms with Crippen molar-refractivity contribution in [3.8, 4) is 5.75 Å². The van der Waals surface area contributed by atoms with Crippen LogP contribution >= 0.6 is 23.2 Å². The number of hydrogen-bond donors (Lipinski definition) is 0. The maximum atomic E-state index is 14.1. The van der Waals surface area contributed by atoms with E-state index in [1.54, 1.807) is 25.3 Å². The molecule has 5 rings (SSSR count). The summed E-state index contributed by atoms with van der Waals surface area (Å²) < 4.78 is 7.18. The normalized spacial score (nSPS) is 19.1. The van der Waals surface area contributed by atoms with Crippen molar-refractivity contribution in [1.29, 1.82) is 0 Å². The van der Waals surface area contributed by atoms with Crippen LogP contribution < -0.4 is 10.3 Å². The standard InChI is InChI=1S/C29H23Cl2NO3/c1-35-24-6-2-4-20(16-24)29(34)25-17-23-5-3-7-26(33)32(23)28(19-10-14-22(31)15-11-19)27(25)18-8-12-21(30)13-9-18/h2-16,25,27-28H,17H2,1H3/t25?,27-,28-/m0/s1. The van der Waals surface area contributed by atoms with Crippen LogP contribution in [0, 0.1) is 5.92 Å². The number of fused-ring (bicyclic) bond motifs is 1. The number of ether oxygens (including phenoxy) is 1. The smallest absolute Gasteiger partial charge is 0.251 e. The maximum Gasteiger partial charge on any atom is 0.251 e. The van der Waals surface area contributed by atoms with Crippen LogP contribution in [0.15, 0.2) is 95.8 Å². The van der Waals surface area contributed by atoms with E-state index in [2.05, 4.69) is 0 Å². The van der Waals surface area contributed by atoms with E-state index in [0.717, 1.165) is 16.8 Å². The molecule has 1 aliphatic heterocycles. The lowest BCUT2D eigenvalue weighted by molar-refractivity contribution is 0.0865. The van der Waals surface area contributed by atoms with Gasteiger partial charge in [-0.05, 0) is 60.0 Å². The Balaban J connectivity index is 1.74. The van der Waals surface area contributed by atoms with Gasteiger partial charge in [0.1, 0.15) is 5.75 Å². The molecule has 0 aliphatic carbocycles. The van der Waals surface area contributed by atoms with Crippen LogP contribution in [-0.4, -0.2) is 17.5 Å². The summed E-state index contributed by atoms with van der Waals surface area (Å²) in [5.74, 6) is -0.0866. The van der Waals surface area contributed by atoms with Gasteiger partial charge in [-0.25, -0.2) is 0 Å².